The van der Waals surface area contributed by atoms with Gasteiger partial charge in [0.25, 0.3) is 0 Å². The third-order valence-corrected chi connectivity index (χ3v) is 6.90. The summed E-state index contributed by atoms with van der Waals surface area (Å²) in [6, 6.07) is 14.7. The molecule has 0 bridgehead atoms. The number of aliphatic hydroxyl groups is 2. The summed E-state index contributed by atoms with van der Waals surface area (Å²) >= 11 is 1.51. The number of carbonyl (C=O) groups is 1. The van der Waals surface area contributed by atoms with Gasteiger partial charge in [0.1, 0.15) is 18.5 Å². The fraction of sp³-hybridized carbons (Fsp3) is 0.259. The third-order valence-electron chi connectivity index (χ3n) is 6.22. The maximum absolute atomic E-state index is 12.0. The van der Waals surface area contributed by atoms with Crippen molar-refractivity contribution in [2.45, 2.75) is 38.3 Å². The molecule has 0 amide bonds. The number of nitrogens with zero attached hydrogens (tertiary/aromatic N) is 1. The molecule has 3 N–H and O–H groups in total. The number of pyridine rings is 1. The van der Waals surface area contributed by atoms with E-state index in [0.717, 1.165) is 27.9 Å². The predicted molar refractivity (Wildman–Crippen MR) is 133 cm³/mol. The number of benzene rings is 2. The summed E-state index contributed by atoms with van der Waals surface area (Å²) < 4.78 is 11.8. The van der Waals surface area contributed by atoms with E-state index < -0.39 is 5.97 Å². The number of carboxylic acids is 1. The van der Waals surface area contributed by atoms with Crippen LogP contribution in [0.3, 0.4) is 0 Å². The molecule has 0 aliphatic carbocycles. The molecular formula is C27H25NO6S. The number of hydrogen-bond donors (Lipinski definition) is 3. The topological polar surface area (TPSA) is 109 Å². The Labute approximate surface area is 206 Å². The standard InChI is InChI=1S/C27H25NO6S/c29-13-23-22(27(31)32)11-17-10-20(4-5-21(17)26(23)16-7-9-35-15-16)34-14-18-2-1-3-24(28-18)25-12-19(30)6-8-33-25/h1-5,7,9-11,15,19,25,29-30H,6,8,12-14H2,(H,31,32). The summed E-state index contributed by atoms with van der Waals surface area (Å²) in [6.07, 6.45) is 0.550. The van der Waals surface area contributed by atoms with Gasteiger partial charge in [-0.2, -0.15) is 11.3 Å². The van der Waals surface area contributed by atoms with Gasteiger partial charge in [-0.25, -0.2) is 4.79 Å². The van der Waals surface area contributed by atoms with Crippen LogP contribution in [0, 0.1) is 0 Å². The molecule has 1 fully saturated rings. The van der Waals surface area contributed by atoms with Crippen molar-refractivity contribution < 1.29 is 29.6 Å². The van der Waals surface area contributed by atoms with Crippen molar-refractivity contribution >= 4 is 28.1 Å². The lowest BCUT2D eigenvalue weighted by atomic mass is 9.91. The lowest BCUT2D eigenvalue weighted by Crippen LogP contribution is -2.24. The highest BCUT2D eigenvalue weighted by Gasteiger charge is 2.23. The normalized spacial score (nSPS) is 18.0. The first-order valence-corrected chi connectivity index (χ1v) is 12.3. The van der Waals surface area contributed by atoms with Crippen LogP contribution in [0.25, 0.3) is 21.9 Å². The molecule has 0 radical (unpaired) electrons. The SMILES string of the molecule is O=C(O)c1cc2cc(OCc3cccc(C4CC(O)CCO4)n3)ccc2c(-c2ccsc2)c1CO. The number of rotatable bonds is 7. The van der Waals surface area contributed by atoms with Crippen LogP contribution in [0.4, 0.5) is 0 Å². The van der Waals surface area contributed by atoms with E-state index in [1.165, 1.54) is 11.3 Å². The lowest BCUT2D eigenvalue weighted by molar-refractivity contribution is -0.0467. The average molecular weight is 492 g/mol. The highest BCUT2D eigenvalue weighted by Crippen LogP contribution is 2.37. The van der Waals surface area contributed by atoms with Gasteiger partial charge < -0.3 is 24.8 Å². The van der Waals surface area contributed by atoms with Crippen molar-refractivity contribution in [3.63, 3.8) is 0 Å². The Morgan fingerprint density at radius 1 is 1.20 bits per heavy atom. The number of hydrogen-bond acceptors (Lipinski definition) is 7. The predicted octanol–water partition coefficient (Wildman–Crippen LogP) is 4.95. The number of aromatic nitrogens is 1. The second-order valence-electron chi connectivity index (χ2n) is 8.52. The average Bonchev–Trinajstić information content (AvgIpc) is 3.41. The van der Waals surface area contributed by atoms with Gasteiger partial charge in [0.05, 0.1) is 29.7 Å². The van der Waals surface area contributed by atoms with Gasteiger partial charge in [0.2, 0.25) is 0 Å². The molecule has 5 rings (SSSR count). The minimum atomic E-state index is -1.09. The van der Waals surface area contributed by atoms with Crippen LogP contribution in [0.1, 0.15) is 46.3 Å². The lowest BCUT2D eigenvalue weighted by Gasteiger charge is -2.26. The first-order valence-electron chi connectivity index (χ1n) is 11.4. The summed E-state index contributed by atoms with van der Waals surface area (Å²) in [5.41, 5.74) is 3.56. The Balaban J connectivity index is 1.43. The van der Waals surface area contributed by atoms with Crippen LogP contribution in [0.2, 0.25) is 0 Å². The molecular weight excluding hydrogens is 466 g/mol. The van der Waals surface area contributed by atoms with Gasteiger partial charge in [-0.05, 0) is 75.5 Å². The number of ether oxygens (including phenoxy) is 2. The Morgan fingerprint density at radius 2 is 2.09 bits per heavy atom. The van der Waals surface area contributed by atoms with Crippen molar-refractivity contribution in [2.24, 2.45) is 0 Å². The van der Waals surface area contributed by atoms with Crippen LogP contribution in [0.5, 0.6) is 5.75 Å². The molecule has 3 heterocycles. The molecule has 0 saturated carbocycles. The van der Waals surface area contributed by atoms with Gasteiger partial charge in [-0.3, -0.25) is 4.98 Å². The second kappa shape index (κ2) is 10.1. The molecule has 2 aromatic heterocycles. The minimum Gasteiger partial charge on any atom is -0.487 e. The fourth-order valence-corrected chi connectivity index (χ4v) is 5.16. The minimum absolute atomic E-state index is 0.0717. The van der Waals surface area contributed by atoms with E-state index in [1.807, 2.05) is 53.2 Å². The van der Waals surface area contributed by atoms with E-state index >= 15 is 0 Å². The van der Waals surface area contributed by atoms with E-state index in [9.17, 15) is 20.1 Å². The first kappa shape index (κ1) is 23.4. The molecule has 0 spiro atoms. The van der Waals surface area contributed by atoms with E-state index in [4.69, 9.17) is 9.47 Å². The Bertz CT molecular complexity index is 1350. The van der Waals surface area contributed by atoms with E-state index in [-0.39, 0.29) is 31.0 Å². The Kier molecular flexibility index (Phi) is 6.79. The maximum Gasteiger partial charge on any atom is 0.336 e. The zero-order chi connectivity index (χ0) is 24.4. The largest absolute Gasteiger partial charge is 0.487 e. The van der Waals surface area contributed by atoms with Crippen LogP contribution in [-0.4, -0.2) is 39.0 Å². The summed E-state index contributed by atoms with van der Waals surface area (Å²) in [5.74, 6) is -0.506. The van der Waals surface area contributed by atoms with Gasteiger partial charge in [0.15, 0.2) is 0 Å². The number of fused-ring (bicyclic) bond motifs is 1. The maximum atomic E-state index is 12.0. The molecule has 8 heteroatoms. The molecule has 2 atom stereocenters. The van der Waals surface area contributed by atoms with Crippen LogP contribution in [0.15, 0.2) is 59.3 Å². The number of carboxylic acid groups (broad SMARTS) is 1. The van der Waals surface area contributed by atoms with Crippen molar-refractivity contribution in [1.82, 2.24) is 4.98 Å². The molecule has 35 heavy (non-hydrogen) atoms. The molecule has 180 valence electrons. The van der Waals surface area contributed by atoms with E-state index in [1.54, 1.807) is 6.07 Å². The molecule has 2 aromatic carbocycles. The van der Waals surface area contributed by atoms with E-state index in [0.29, 0.717) is 36.1 Å². The summed E-state index contributed by atoms with van der Waals surface area (Å²) in [4.78, 5) is 16.6. The van der Waals surface area contributed by atoms with Gasteiger partial charge in [-0.1, -0.05) is 12.1 Å². The van der Waals surface area contributed by atoms with Crippen molar-refractivity contribution in [3.05, 3.63) is 81.8 Å². The summed E-state index contributed by atoms with van der Waals surface area (Å²) in [7, 11) is 0. The monoisotopic (exact) mass is 491 g/mol. The second-order valence-corrected chi connectivity index (χ2v) is 9.30. The quantitative estimate of drug-likeness (QED) is 0.336. The van der Waals surface area contributed by atoms with Crippen molar-refractivity contribution in [3.8, 4) is 16.9 Å². The molecule has 1 saturated heterocycles. The smallest absolute Gasteiger partial charge is 0.336 e. The molecule has 2 unspecified atom stereocenters. The molecule has 1 aliphatic rings. The van der Waals surface area contributed by atoms with Gasteiger partial charge >= 0.3 is 5.97 Å². The van der Waals surface area contributed by atoms with E-state index in [2.05, 4.69) is 4.98 Å². The molecule has 1 aliphatic heterocycles. The third kappa shape index (κ3) is 4.92. The first-order chi connectivity index (χ1) is 17.0. The number of aliphatic hydroxyl groups excluding tert-OH is 2. The van der Waals surface area contributed by atoms with Crippen molar-refractivity contribution in [2.75, 3.05) is 6.61 Å². The molecule has 7 nitrogen and oxygen atoms in total. The van der Waals surface area contributed by atoms with Crippen LogP contribution in [-0.2, 0) is 18.0 Å². The number of aromatic carboxylic acids is 1. The van der Waals surface area contributed by atoms with Crippen LogP contribution >= 0.6 is 11.3 Å². The summed E-state index contributed by atoms with van der Waals surface area (Å²) in [6.45, 7) is 0.367. The van der Waals surface area contributed by atoms with Crippen molar-refractivity contribution in [1.29, 1.82) is 0 Å². The Hall–Kier alpha value is -3.30. The zero-order valence-corrected chi connectivity index (χ0v) is 19.7. The summed E-state index contributed by atoms with van der Waals surface area (Å²) in [5, 5.41) is 35.1. The zero-order valence-electron chi connectivity index (χ0n) is 18.9. The number of thiophene rings is 1. The highest BCUT2D eigenvalue weighted by atomic mass is 32.1. The fourth-order valence-electron chi connectivity index (χ4n) is 4.51. The van der Waals surface area contributed by atoms with Crippen LogP contribution < -0.4 is 4.74 Å². The highest BCUT2D eigenvalue weighted by molar-refractivity contribution is 7.08. The Morgan fingerprint density at radius 3 is 2.83 bits per heavy atom. The van der Waals surface area contributed by atoms with Gasteiger partial charge in [-0.15, -0.1) is 0 Å². The van der Waals surface area contributed by atoms with Gasteiger partial charge in [0, 0.05) is 18.6 Å². The molecule has 4 aromatic rings.